The van der Waals surface area contributed by atoms with Gasteiger partial charge in [-0.15, -0.1) is 11.3 Å². The van der Waals surface area contributed by atoms with Gasteiger partial charge in [0.2, 0.25) is 5.91 Å². The monoisotopic (exact) mass is 334 g/mol. The fourth-order valence-corrected chi connectivity index (χ4v) is 4.84. The summed E-state index contributed by atoms with van der Waals surface area (Å²) in [4.78, 5) is 30.8. The summed E-state index contributed by atoms with van der Waals surface area (Å²) in [7, 11) is 3.57. The third-order valence-electron chi connectivity index (χ3n) is 4.97. The van der Waals surface area contributed by atoms with Gasteiger partial charge in [-0.3, -0.25) is 9.59 Å². The summed E-state index contributed by atoms with van der Waals surface area (Å²) in [5.74, 6) is 0.515. The maximum atomic E-state index is 12.8. The minimum Gasteiger partial charge on any atom is -0.344 e. The van der Waals surface area contributed by atoms with Crippen molar-refractivity contribution in [3.05, 3.63) is 21.4 Å². The van der Waals surface area contributed by atoms with Crippen molar-refractivity contribution in [2.24, 2.45) is 5.92 Å². The zero-order valence-corrected chi connectivity index (χ0v) is 15.0. The van der Waals surface area contributed by atoms with Gasteiger partial charge in [0.05, 0.1) is 4.88 Å². The predicted molar refractivity (Wildman–Crippen MR) is 92.9 cm³/mol. The first kappa shape index (κ1) is 16.5. The molecule has 0 radical (unpaired) electrons. The Bertz CT molecular complexity index is 586. The topological polar surface area (TPSA) is 40.6 Å². The Morgan fingerprint density at radius 1 is 1.17 bits per heavy atom. The molecule has 0 N–H and O–H groups in total. The normalized spacial score (nSPS) is 21.5. The number of fused-ring (bicyclic) bond motifs is 1. The molecule has 23 heavy (non-hydrogen) atoms. The lowest BCUT2D eigenvalue weighted by Crippen LogP contribution is -2.38. The number of amides is 2. The van der Waals surface area contributed by atoms with Gasteiger partial charge >= 0.3 is 0 Å². The van der Waals surface area contributed by atoms with Gasteiger partial charge in [-0.05, 0) is 43.7 Å². The van der Waals surface area contributed by atoms with E-state index < -0.39 is 0 Å². The summed E-state index contributed by atoms with van der Waals surface area (Å²) in [6.45, 7) is 1.85. The van der Waals surface area contributed by atoms with Crippen molar-refractivity contribution in [3.8, 4) is 0 Å². The zero-order valence-electron chi connectivity index (χ0n) is 14.1. The number of likely N-dealkylation sites (tertiary alicyclic amines) is 1. The molecule has 1 aliphatic carbocycles. The third-order valence-corrected chi connectivity index (χ3v) is 6.19. The average molecular weight is 334 g/mol. The molecule has 2 amide bonds. The number of thiophene rings is 1. The lowest BCUT2D eigenvalue weighted by Gasteiger charge is -2.28. The van der Waals surface area contributed by atoms with Crippen LogP contribution in [0.25, 0.3) is 0 Å². The Morgan fingerprint density at radius 3 is 2.52 bits per heavy atom. The predicted octanol–water partition coefficient (Wildman–Crippen LogP) is 2.96. The molecule has 0 bridgehead atoms. The number of carbonyl (C=O) groups excluding carboxylic acids is 2. The van der Waals surface area contributed by atoms with Gasteiger partial charge in [0.25, 0.3) is 5.91 Å². The summed E-state index contributed by atoms with van der Waals surface area (Å²) >= 11 is 1.61. The fraction of sp³-hybridized carbons (Fsp3) is 0.667. The van der Waals surface area contributed by atoms with E-state index in [-0.39, 0.29) is 11.8 Å². The van der Waals surface area contributed by atoms with E-state index in [0.29, 0.717) is 5.91 Å². The van der Waals surface area contributed by atoms with Crippen LogP contribution in [-0.2, 0) is 17.6 Å². The molecule has 0 unspecified atom stereocenters. The highest BCUT2D eigenvalue weighted by Crippen LogP contribution is 2.33. The van der Waals surface area contributed by atoms with E-state index in [2.05, 4.69) is 4.90 Å². The Balaban J connectivity index is 1.69. The molecule has 0 saturated carbocycles. The van der Waals surface area contributed by atoms with Crippen molar-refractivity contribution in [2.75, 3.05) is 27.2 Å². The second-order valence-corrected chi connectivity index (χ2v) is 8.07. The Hall–Kier alpha value is -1.36. The molecular weight excluding hydrogens is 308 g/mol. The van der Waals surface area contributed by atoms with Gasteiger partial charge < -0.3 is 9.80 Å². The van der Waals surface area contributed by atoms with Crippen LogP contribution in [0, 0.1) is 5.92 Å². The SMILES string of the molecule is CN(C)C(=O)c1cc2c(s1)CC[C@@H](C(=O)N1CCCCCC1)C2. The van der Waals surface area contributed by atoms with Crippen LogP contribution in [0.3, 0.4) is 0 Å². The van der Waals surface area contributed by atoms with Gasteiger partial charge in [0.15, 0.2) is 0 Å². The first-order valence-corrected chi connectivity index (χ1v) is 9.50. The highest BCUT2D eigenvalue weighted by atomic mass is 32.1. The van der Waals surface area contributed by atoms with Crippen molar-refractivity contribution in [2.45, 2.75) is 44.9 Å². The number of rotatable bonds is 2. The van der Waals surface area contributed by atoms with Gasteiger partial charge in [-0.1, -0.05) is 12.8 Å². The molecule has 3 rings (SSSR count). The molecule has 1 aliphatic heterocycles. The first-order chi connectivity index (χ1) is 11.1. The molecule has 5 heteroatoms. The van der Waals surface area contributed by atoms with Crippen molar-refractivity contribution < 1.29 is 9.59 Å². The maximum absolute atomic E-state index is 12.8. The zero-order chi connectivity index (χ0) is 16.4. The molecule has 1 fully saturated rings. The maximum Gasteiger partial charge on any atom is 0.263 e. The first-order valence-electron chi connectivity index (χ1n) is 8.68. The van der Waals surface area contributed by atoms with Crippen molar-refractivity contribution in [1.82, 2.24) is 9.80 Å². The second kappa shape index (κ2) is 7.04. The quantitative estimate of drug-likeness (QED) is 0.834. The number of hydrogen-bond acceptors (Lipinski definition) is 3. The molecule has 4 nitrogen and oxygen atoms in total. The average Bonchev–Trinajstić information content (AvgIpc) is 2.77. The summed E-state index contributed by atoms with van der Waals surface area (Å²) in [5, 5.41) is 0. The van der Waals surface area contributed by atoms with E-state index in [0.717, 1.165) is 50.1 Å². The summed E-state index contributed by atoms with van der Waals surface area (Å²) in [6, 6.07) is 2.02. The summed E-state index contributed by atoms with van der Waals surface area (Å²) < 4.78 is 0. The highest BCUT2D eigenvalue weighted by molar-refractivity contribution is 7.14. The molecule has 126 valence electrons. The largest absolute Gasteiger partial charge is 0.344 e. The van der Waals surface area contributed by atoms with E-state index in [1.165, 1.54) is 23.3 Å². The molecule has 0 aromatic carbocycles. The van der Waals surface area contributed by atoms with Crippen LogP contribution in [-0.4, -0.2) is 48.8 Å². The lowest BCUT2D eigenvalue weighted by molar-refractivity contribution is -0.135. The van der Waals surface area contributed by atoms with E-state index in [9.17, 15) is 9.59 Å². The van der Waals surface area contributed by atoms with Crippen LogP contribution in [0.1, 0.15) is 52.2 Å². The number of nitrogens with zero attached hydrogens (tertiary/aromatic N) is 2. The third kappa shape index (κ3) is 3.60. The molecule has 1 saturated heterocycles. The smallest absolute Gasteiger partial charge is 0.263 e. The van der Waals surface area contributed by atoms with E-state index in [1.54, 1.807) is 30.3 Å². The van der Waals surface area contributed by atoms with Crippen LogP contribution in [0.2, 0.25) is 0 Å². The molecule has 0 spiro atoms. The van der Waals surface area contributed by atoms with Gasteiger partial charge in [-0.25, -0.2) is 0 Å². The fourth-order valence-electron chi connectivity index (χ4n) is 3.61. The molecule has 1 aromatic rings. The van der Waals surface area contributed by atoms with Gasteiger partial charge in [0.1, 0.15) is 0 Å². The number of hydrogen-bond donors (Lipinski definition) is 0. The minimum atomic E-state index is 0.0693. The van der Waals surface area contributed by atoms with Crippen LogP contribution < -0.4 is 0 Å². The Labute approximate surface area is 142 Å². The molecule has 2 heterocycles. The van der Waals surface area contributed by atoms with E-state index in [1.807, 2.05) is 6.07 Å². The van der Waals surface area contributed by atoms with Crippen LogP contribution in [0.15, 0.2) is 6.07 Å². The molecule has 2 aliphatic rings. The Morgan fingerprint density at radius 2 is 1.87 bits per heavy atom. The number of carbonyl (C=O) groups is 2. The van der Waals surface area contributed by atoms with Crippen LogP contribution in [0.5, 0.6) is 0 Å². The second-order valence-electron chi connectivity index (χ2n) is 6.94. The summed E-state index contributed by atoms with van der Waals surface area (Å²) in [5.41, 5.74) is 1.22. The minimum absolute atomic E-state index is 0.0693. The molecule has 1 aromatic heterocycles. The van der Waals surface area contributed by atoms with E-state index >= 15 is 0 Å². The highest BCUT2D eigenvalue weighted by Gasteiger charge is 2.30. The van der Waals surface area contributed by atoms with Crippen LogP contribution in [0.4, 0.5) is 0 Å². The van der Waals surface area contributed by atoms with Gasteiger partial charge in [-0.2, -0.15) is 0 Å². The van der Waals surface area contributed by atoms with Gasteiger partial charge in [0, 0.05) is 38.0 Å². The van der Waals surface area contributed by atoms with Crippen molar-refractivity contribution >= 4 is 23.2 Å². The van der Waals surface area contributed by atoms with Crippen molar-refractivity contribution in [1.29, 1.82) is 0 Å². The Kier molecular flexibility index (Phi) is 5.05. The van der Waals surface area contributed by atoms with Crippen LogP contribution >= 0.6 is 11.3 Å². The molecular formula is C18H26N2O2S. The number of aryl methyl sites for hydroxylation is 1. The van der Waals surface area contributed by atoms with E-state index in [4.69, 9.17) is 0 Å². The standard InChI is InChI=1S/C18H26N2O2S/c1-19(2)18(22)16-12-14-11-13(7-8-15(14)23-16)17(21)20-9-5-3-4-6-10-20/h12-13H,3-11H2,1-2H3/t13-/m1/s1. The summed E-state index contributed by atoms with van der Waals surface area (Å²) in [6.07, 6.45) is 7.46. The lowest BCUT2D eigenvalue weighted by atomic mass is 9.87. The van der Waals surface area contributed by atoms with Crippen molar-refractivity contribution in [3.63, 3.8) is 0 Å². The molecule has 1 atom stereocenters.